The van der Waals surface area contributed by atoms with Crippen LogP contribution in [0.3, 0.4) is 0 Å². The summed E-state index contributed by atoms with van der Waals surface area (Å²) in [5.41, 5.74) is 4.96. The highest BCUT2D eigenvalue weighted by Gasteiger charge is 2.42. The summed E-state index contributed by atoms with van der Waals surface area (Å²) in [7, 11) is 3.29. The van der Waals surface area contributed by atoms with Crippen molar-refractivity contribution in [1.82, 2.24) is 14.8 Å². The van der Waals surface area contributed by atoms with E-state index in [1.54, 1.807) is 20.5 Å². The number of nitrogens with one attached hydrogen (secondary N) is 1. The van der Waals surface area contributed by atoms with E-state index in [0.717, 1.165) is 33.7 Å². The second-order valence-electron chi connectivity index (χ2n) is 7.87. The standard InChI is InChI=1S/C26H22N4O3/c1-31-20-14-8-12-18(24(20)32-2)25-21-22(17-11-6-7-13-19(17)33-25)29-26-27-15-28-30(26)23(21)16-9-4-3-5-10-16/h3-15,23,25H,1-2H3,(H,27,28,29)/t23-,25+/m1/s1. The zero-order chi connectivity index (χ0) is 22.4. The molecule has 2 aliphatic rings. The second kappa shape index (κ2) is 7.70. The number of para-hydroxylation sites is 2. The van der Waals surface area contributed by atoms with Gasteiger partial charge in [-0.25, -0.2) is 4.68 Å². The lowest BCUT2D eigenvalue weighted by molar-refractivity contribution is 0.216. The van der Waals surface area contributed by atoms with Crippen LogP contribution in [-0.4, -0.2) is 29.0 Å². The van der Waals surface area contributed by atoms with Crippen LogP contribution in [-0.2, 0) is 0 Å². The number of ether oxygens (including phenoxy) is 3. The quantitative estimate of drug-likeness (QED) is 0.491. The molecule has 0 bridgehead atoms. The molecule has 33 heavy (non-hydrogen) atoms. The Balaban J connectivity index is 1.65. The average molecular weight is 438 g/mol. The number of fused-ring (bicyclic) bond motifs is 3. The molecule has 0 fully saturated rings. The predicted molar refractivity (Wildman–Crippen MR) is 125 cm³/mol. The first kappa shape index (κ1) is 19.4. The number of hydrogen-bond acceptors (Lipinski definition) is 6. The number of methoxy groups -OCH3 is 2. The predicted octanol–water partition coefficient (Wildman–Crippen LogP) is 4.86. The lowest BCUT2D eigenvalue weighted by Gasteiger charge is -2.39. The van der Waals surface area contributed by atoms with E-state index in [1.165, 1.54) is 0 Å². The molecule has 7 nitrogen and oxygen atoms in total. The average Bonchev–Trinajstić information content (AvgIpc) is 3.35. The van der Waals surface area contributed by atoms with E-state index in [9.17, 15) is 0 Å². The zero-order valence-corrected chi connectivity index (χ0v) is 18.2. The van der Waals surface area contributed by atoms with E-state index in [-0.39, 0.29) is 6.04 Å². The van der Waals surface area contributed by atoms with Gasteiger partial charge in [-0.05, 0) is 23.8 Å². The van der Waals surface area contributed by atoms with Gasteiger partial charge in [0.25, 0.3) is 0 Å². The highest BCUT2D eigenvalue weighted by Crippen LogP contribution is 2.52. The molecule has 0 aliphatic carbocycles. The maximum absolute atomic E-state index is 6.68. The van der Waals surface area contributed by atoms with Crippen molar-refractivity contribution in [3.05, 3.63) is 101 Å². The molecule has 4 aromatic rings. The molecule has 0 amide bonds. The summed E-state index contributed by atoms with van der Waals surface area (Å²) < 4.78 is 20.0. The van der Waals surface area contributed by atoms with Crippen LogP contribution in [0, 0.1) is 0 Å². The summed E-state index contributed by atoms with van der Waals surface area (Å²) in [6, 6.07) is 24.0. The first-order valence-electron chi connectivity index (χ1n) is 10.7. The maximum atomic E-state index is 6.68. The third-order valence-electron chi connectivity index (χ3n) is 6.15. The van der Waals surface area contributed by atoms with Crippen LogP contribution >= 0.6 is 0 Å². The topological polar surface area (TPSA) is 70.4 Å². The lowest BCUT2D eigenvalue weighted by Crippen LogP contribution is -2.32. The minimum Gasteiger partial charge on any atom is -0.493 e. The number of nitrogens with zero attached hydrogens (tertiary/aromatic N) is 3. The van der Waals surface area contributed by atoms with Crippen LogP contribution in [0.4, 0.5) is 5.95 Å². The Morgan fingerprint density at radius 3 is 2.55 bits per heavy atom. The molecule has 0 spiro atoms. The van der Waals surface area contributed by atoms with Gasteiger partial charge in [-0.1, -0.05) is 54.6 Å². The number of rotatable bonds is 4. The van der Waals surface area contributed by atoms with Crippen LogP contribution in [0.15, 0.2) is 84.7 Å². The highest BCUT2D eigenvalue weighted by molar-refractivity contribution is 5.85. The van der Waals surface area contributed by atoms with Gasteiger partial charge in [-0.2, -0.15) is 10.1 Å². The van der Waals surface area contributed by atoms with Gasteiger partial charge in [0, 0.05) is 16.7 Å². The van der Waals surface area contributed by atoms with Crippen LogP contribution < -0.4 is 19.5 Å². The van der Waals surface area contributed by atoms with Gasteiger partial charge >= 0.3 is 0 Å². The minimum absolute atomic E-state index is 0.214. The number of benzene rings is 3. The summed E-state index contributed by atoms with van der Waals surface area (Å²) in [5, 5.41) is 8.08. The number of hydrogen-bond donors (Lipinski definition) is 1. The Bertz CT molecular complexity index is 1360. The van der Waals surface area contributed by atoms with Gasteiger partial charge in [0.2, 0.25) is 5.95 Å². The van der Waals surface area contributed by atoms with E-state index in [0.29, 0.717) is 17.4 Å². The molecule has 2 aliphatic heterocycles. The largest absolute Gasteiger partial charge is 0.493 e. The molecule has 0 saturated heterocycles. The molecule has 3 aromatic carbocycles. The molecule has 0 radical (unpaired) electrons. The van der Waals surface area contributed by atoms with Gasteiger partial charge in [0.05, 0.1) is 19.9 Å². The Morgan fingerprint density at radius 2 is 1.73 bits per heavy atom. The molecule has 6 rings (SSSR count). The monoisotopic (exact) mass is 438 g/mol. The third-order valence-corrected chi connectivity index (χ3v) is 6.15. The summed E-state index contributed by atoms with van der Waals surface area (Å²) in [5.74, 6) is 2.78. The maximum Gasteiger partial charge on any atom is 0.226 e. The van der Waals surface area contributed by atoms with Gasteiger partial charge in [-0.3, -0.25) is 0 Å². The molecule has 1 N–H and O–H groups in total. The van der Waals surface area contributed by atoms with Crippen LogP contribution in [0.25, 0.3) is 5.70 Å². The van der Waals surface area contributed by atoms with Gasteiger partial charge in [0.15, 0.2) is 17.6 Å². The molecule has 2 atom stereocenters. The van der Waals surface area contributed by atoms with Crippen molar-refractivity contribution in [1.29, 1.82) is 0 Å². The Morgan fingerprint density at radius 1 is 0.909 bits per heavy atom. The van der Waals surface area contributed by atoms with Crippen LogP contribution in [0.1, 0.15) is 28.8 Å². The summed E-state index contributed by atoms with van der Waals surface area (Å²) >= 11 is 0. The van der Waals surface area contributed by atoms with Crippen molar-refractivity contribution in [2.24, 2.45) is 0 Å². The highest BCUT2D eigenvalue weighted by atomic mass is 16.5. The molecular weight excluding hydrogens is 416 g/mol. The molecule has 1 aromatic heterocycles. The second-order valence-corrected chi connectivity index (χ2v) is 7.87. The fourth-order valence-electron chi connectivity index (χ4n) is 4.75. The van der Waals surface area contributed by atoms with Crippen molar-refractivity contribution < 1.29 is 14.2 Å². The Hall–Kier alpha value is -4.26. The Labute approximate surface area is 191 Å². The van der Waals surface area contributed by atoms with Crippen LogP contribution in [0.2, 0.25) is 0 Å². The molecule has 0 unspecified atom stereocenters. The fraction of sp³-hybridized carbons (Fsp3) is 0.154. The number of aromatic nitrogens is 3. The van der Waals surface area contributed by atoms with Crippen molar-refractivity contribution in [2.45, 2.75) is 12.1 Å². The van der Waals surface area contributed by atoms with E-state index in [2.05, 4.69) is 33.6 Å². The minimum atomic E-state index is -0.435. The summed E-state index contributed by atoms with van der Waals surface area (Å²) in [4.78, 5) is 4.48. The summed E-state index contributed by atoms with van der Waals surface area (Å²) in [6.07, 6.45) is 1.14. The van der Waals surface area contributed by atoms with Gasteiger partial charge in [0.1, 0.15) is 18.1 Å². The van der Waals surface area contributed by atoms with Gasteiger partial charge < -0.3 is 19.5 Å². The van der Waals surface area contributed by atoms with E-state index in [4.69, 9.17) is 14.2 Å². The van der Waals surface area contributed by atoms with Crippen molar-refractivity contribution in [2.75, 3.05) is 19.5 Å². The van der Waals surface area contributed by atoms with Crippen molar-refractivity contribution in [3.63, 3.8) is 0 Å². The van der Waals surface area contributed by atoms with E-state index in [1.807, 2.05) is 59.3 Å². The molecule has 0 saturated carbocycles. The lowest BCUT2D eigenvalue weighted by atomic mass is 9.84. The first-order chi connectivity index (χ1) is 16.3. The van der Waals surface area contributed by atoms with Crippen molar-refractivity contribution in [3.8, 4) is 17.2 Å². The van der Waals surface area contributed by atoms with E-state index < -0.39 is 6.10 Å². The Kier molecular flexibility index (Phi) is 4.54. The summed E-state index contributed by atoms with van der Waals surface area (Å²) in [6.45, 7) is 0. The molecule has 7 heteroatoms. The SMILES string of the molecule is COc1cccc([C@@H]2Oc3ccccc3C3=C2[C@@H](c2ccccc2)n2ncnc2N3)c1OC. The first-order valence-corrected chi connectivity index (χ1v) is 10.7. The van der Waals surface area contributed by atoms with Crippen LogP contribution in [0.5, 0.6) is 17.2 Å². The zero-order valence-electron chi connectivity index (χ0n) is 18.2. The fourth-order valence-corrected chi connectivity index (χ4v) is 4.75. The molecular formula is C26H22N4O3. The molecule has 164 valence electrons. The van der Waals surface area contributed by atoms with E-state index >= 15 is 0 Å². The normalized spacial score (nSPS) is 18.4. The van der Waals surface area contributed by atoms with Crippen molar-refractivity contribution >= 4 is 11.6 Å². The smallest absolute Gasteiger partial charge is 0.226 e. The molecule has 3 heterocycles. The third kappa shape index (κ3) is 2.96. The van der Waals surface area contributed by atoms with Gasteiger partial charge in [-0.15, -0.1) is 0 Å². The number of anilines is 1.